The lowest BCUT2D eigenvalue weighted by molar-refractivity contribution is 0.180. The van der Waals surface area contributed by atoms with Crippen LogP contribution < -0.4 is 10.1 Å². The minimum Gasteiger partial charge on any atom is -0.496 e. The van der Waals surface area contributed by atoms with E-state index in [0.717, 1.165) is 25.3 Å². The van der Waals surface area contributed by atoms with Crippen LogP contribution in [-0.4, -0.2) is 20.2 Å². The molecular weight excluding hydrogens is 234 g/mol. The van der Waals surface area contributed by atoms with Crippen LogP contribution in [0.2, 0.25) is 0 Å². The number of rotatable bonds is 6. The Labute approximate surface area is 117 Å². The lowest BCUT2D eigenvalue weighted by atomic mass is 9.70. The molecule has 2 heteroatoms. The molecule has 0 bridgehead atoms. The topological polar surface area (TPSA) is 21.3 Å². The van der Waals surface area contributed by atoms with Gasteiger partial charge in [0.25, 0.3) is 0 Å². The van der Waals surface area contributed by atoms with E-state index < -0.39 is 0 Å². The Morgan fingerprint density at radius 3 is 2.58 bits per heavy atom. The van der Waals surface area contributed by atoms with E-state index in [2.05, 4.69) is 36.5 Å². The fourth-order valence-electron chi connectivity index (χ4n) is 3.36. The molecule has 2 nitrogen and oxygen atoms in total. The summed E-state index contributed by atoms with van der Waals surface area (Å²) in [5.41, 5.74) is 1.80. The Hall–Kier alpha value is -1.02. The molecule has 19 heavy (non-hydrogen) atoms. The Balaban J connectivity index is 2.14. The van der Waals surface area contributed by atoms with E-state index in [9.17, 15) is 0 Å². The Morgan fingerprint density at radius 1 is 1.16 bits per heavy atom. The lowest BCUT2D eigenvalue weighted by Gasteiger charge is -2.38. The van der Waals surface area contributed by atoms with Gasteiger partial charge in [-0.3, -0.25) is 0 Å². The molecule has 0 saturated heterocycles. The van der Waals surface area contributed by atoms with Gasteiger partial charge in [-0.15, -0.1) is 0 Å². The highest BCUT2D eigenvalue weighted by Crippen LogP contribution is 2.40. The molecule has 0 radical (unpaired) electrons. The highest BCUT2D eigenvalue weighted by Gasteiger charge is 2.32. The molecule has 1 aromatic carbocycles. The van der Waals surface area contributed by atoms with Crippen molar-refractivity contribution in [2.75, 3.05) is 20.2 Å². The molecule has 0 heterocycles. The van der Waals surface area contributed by atoms with E-state index in [1.54, 1.807) is 7.11 Å². The Kier molecular flexibility index (Phi) is 5.26. The fourth-order valence-corrected chi connectivity index (χ4v) is 3.36. The lowest BCUT2D eigenvalue weighted by Crippen LogP contribution is -2.38. The summed E-state index contributed by atoms with van der Waals surface area (Å²) in [5.74, 6) is 1.05. The average molecular weight is 261 g/mol. The fraction of sp³-hybridized carbons (Fsp3) is 0.647. The smallest absolute Gasteiger partial charge is 0.122 e. The van der Waals surface area contributed by atoms with Crippen LogP contribution in [0.1, 0.15) is 44.6 Å². The first-order chi connectivity index (χ1) is 9.29. The average Bonchev–Trinajstić information content (AvgIpc) is 2.47. The van der Waals surface area contributed by atoms with Crippen molar-refractivity contribution in [3.8, 4) is 5.75 Å². The van der Waals surface area contributed by atoms with Gasteiger partial charge in [-0.25, -0.2) is 0 Å². The largest absolute Gasteiger partial charge is 0.496 e. The third kappa shape index (κ3) is 3.73. The number of hydrogen-bond donors (Lipinski definition) is 1. The van der Waals surface area contributed by atoms with Gasteiger partial charge in [0.15, 0.2) is 0 Å². The predicted octanol–water partition coefficient (Wildman–Crippen LogP) is 3.80. The predicted molar refractivity (Wildman–Crippen MR) is 80.8 cm³/mol. The number of methoxy groups -OCH3 is 1. The normalized spacial score (nSPS) is 18.2. The molecule has 1 fully saturated rings. The molecule has 0 unspecified atom stereocenters. The first kappa shape index (κ1) is 14.4. The van der Waals surface area contributed by atoms with E-state index in [-0.39, 0.29) is 0 Å². The Bertz CT molecular complexity index is 383. The second-order valence-electron chi connectivity index (χ2n) is 5.83. The van der Waals surface area contributed by atoms with Gasteiger partial charge in [0.2, 0.25) is 0 Å². The summed E-state index contributed by atoms with van der Waals surface area (Å²) >= 11 is 0. The number of benzene rings is 1. The van der Waals surface area contributed by atoms with Gasteiger partial charge in [0, 0.05) is 6.54 Å². The van der Waals surface area contributed by atoms with Crippen molar-refractivity contribution < 1.29 is 4.74 Å². The molecule has 0 amide bonds. The van der Waals surface area contributed by atoms with Crippen LogP contribution in [-0.2, 0) is 6.42 Å². The molecule has 1 N–H and O–H groups in total. The third-order valence-corrected chi connectivity index (χ3v) is 4.42. The van der Waals surface area contributed by atoms with Crippen molar-refractivity contribution in [2.24, 2.45) is 5.41 Å². The van der Waals surface area contributed by atoms with Crippen LogP contribution in [0.3, 0.4) is 0 Å². The van der Waals surface area contributed by atoms with Crippen molar-refractivity contribution in [2.45, 2.75) is 45.4 Å². The highest BCUT2D eigenvalue weighted by molar-refractivity contribution is 5.34. The SMILES string of the molecule is CCNCC1(Cc2ccccc2OC)CCCCC1. The summed E-state index contributed by atoms with van der Waals surface area (Å²) in [6.07, 6.45) is 7.99. The molecule has 1 aliphatic carbocycles. The number of nitrogens with one attached hydrogen (secondary N) is 1. The number of hydrogen-bond acceptors (Lipinski definition) is 2. The van der Waals surface area contributed by atoms with Crippen molar-refractivity contribution in [3.05, 3.63) is 29.8 Å². The van der Waals surface area contributed by atoms with E-state index in [4.69, 9.17) is 4.74 Å². The van der Waals surface area contributed by atoms with Crippen molar-refractivity contribution in [1.82, 2.24) is 5.32 Å². The van der Waals surface area contributed by atoms with Gasteiger partial charge < -0.3 is 10.1 Å². The summed E-state index contributed by atoms with van der Waals surface area (Å²) in [7, 11) is 1.77. The van der Waals surface area contributed by atoms with Crippen LogP contribution in [0, 0.1) is 5.41 Å². The van der Waals surface area contributed by atoms with Crippen molar-refractivity contribution in [3.63, 3.8) is 0 Å². The second kappa shape index (κ2) is 6.95. The molecule has 0 aromatic heterocycles. The number of para-hydroxylation sites is 1. The zero-order valence-electron chi connectivity index (χ0n) is 12.4. The highest BCUT2D eigenvalue weighted by atomic mass is 16.5. The van der Waals surface area contributed by atoms with Crippen LogP contribution in [0.4, 0.5) is 0 Å². The van der Waals surface area contributed by atoms with Crippen molar-refractivity contribution in [1.29, 1.82) is 0 Å². The third-order valence-electron chi connectivity index (χ3n) is 4.42. The molecule has 1 aliphatic rings. The molecule has 106 valence electrons. The summed E-state index contributed by atoms with van der Waals surface area (Å²) in [6, 6.07) is 8.49. The zero-order valence-corrected chi connectivity index (χ0v) is 12.4. The maximum Gasteiger partial charge on any atom is 0.122 e. The summed E-state index contributed by atoms with van der Waals surface area (Å²) < 4.78 is 5.52. The monoisotopic (exact) mass is 261 g/mol. The summed E-state index contributed by atoms with van der Waals surface area (Å²) in [4.78, 5) is 0. The molecule has 0 aliphatic heterocycles. The van der Waals surface area contributed by atoms with E-state index in [0.29, 0.717) is 5.41 Å². The van der Waals surface area contributed by atoms with Crippen LogP contribution in [0.15, 0.2) is 24.3 Å². The first-order valence-corrected chi connectivity index (χ1v) is 7.62. The van der Waals surface area contributed by atoms with Crippen LogP contribution >= 0.6 is 0 Å². The maximum atomic E-state index is 5.52. The Morgan fingerprint density at radius 2 is 1.89 bits per heavy atom. The van der Waals surface area contributed by atoms with E-state index >= 15 is 0 Å². The van der Waals surface area contributed by atoms with Gasteiger partial charge in [0.05, 0.1) is 7.11 Å². The molecule has 0 spiro atoms. The standard InChI is InChI=1S/C17H27NO/c1-3-18-14-17(11-7-4-8-12-17)13-15-9-5-6-10-16(15)19-2/h5-6,9-10,18H,3-4,7-8,11-14H2,1-2H3. The first-order valence-electron chi connectivity index (χ1n) is 7.62. The van der Waals surface area contributed by atoms with E-state index in [1.165, 1.54) is 37.7 Å². The molecular formula is C17H27NO. The summed E-state index contributed by atoms with van der Waals surface area (Å²) in [6.45, 7) is 4.40. The molecule has 1 saturated carbocycles. The molecule has 0 atom stereocenters. The molecule has 2 rings (SSSR count). The van der Waals surface area contributed by atoms with Crippen LogP contribution in [0.5, 0.6) is 5.75 Å². The van der Waals surface area contributed by atoms with E-state index in [1.807, 2.05) is 0 Å². The minimum absolute atomic E-state index is 0.433. The van der Waals surface area contributed by atoms with Gasteiger partial charge in [-0.05, 0) is 42.9 Å². The van der Waals surface area contributed by atoms with Gasteiger partial charge in [-0.2, -0.15) is 0 Å². The summed E-state index contributed by atoms with van der Waals surface area (Å²) in [5, 5.41) is 3.58. The molecule has 1 aromatic rings. The number of ether oxygens (including phenoxy) is 1. The quantitative estimate of drug-likeness (QED) is 0.841. The van der Waals surface area contributed by atoms with Gasteiger partial charge in [0.1, 0.15) is 5.75 Å². The minimum atomic E-state index is 0.433. The maximum absolute atomic E-state index is 5.52. The van der Waals surface area contributed by atoms with Gasteiger partial charge in [-0.1, -0.05) is 44.4 Å². The zero-order chi connectivity index (χ0) is 13.6. The second-order valence-corrected chi connectivity index (χ2v) is 5.83. The van der Waals surface area contributed by atoms with Crippen LogP contribution in [0.25, 0.3) is 0 Å². The van der Waals surface area contributed by atoms with Crippen molar-refractivity contribution >= 4 is 0 Å². The van der Waals surface area contributed by atoms with Gasteiger partial charge >= 0.3 is 0 Å².